The fraction of sp³-hybridized carbons (Fsp3) is 0.250. The largest absolute Gasteiger partial charge is 0.495 e. The number of aromatic nitrogens is 1. The van der Waals surface area contributed by atoms with Crippen LogP contribution in [-0.4, -0.2) is 18.4 Å². The highest BCUT2D eigenvalue weighted by molar-refractivity contribution is 5.55. The van der Waals surface area contributed by atoms with Crippen molar-refractivity contribution in [2.45, 2.75) is 6.42 Å². The summed E-state index contributed by atoms with van der Waals surface area (Å²) in [6.07, 6.45) is 2.76. The molecule has 0 aliphatic rings. The summed E-state index contributed by atoms with van der Waals surface area (Å²) in [5, 5.41) is 0. The van der Waals surface area contributed by atoms with Crippen LogP contribution in [0.5, 0.6) is 5.75 Å². The Hall–Kier alpha value is -1.38. The van der Waals surface area contributed by atoms with Crippen LogP contribution in [0, 0.1) is 0 Å². The Morgan fingerprint density at radius 2 is 2.55 bits per heavy atom. The normalized spacial score (nSPS) is 9.18. The van der Waals surface area contributed by atoms with Crippen LogP contribution in [0.1, 0.15) is 5.69 Å². The maximum Gasteiger partial charge on any atom is 0.140 e. The molecule has 0 bridgehead atoms. The van der Waals surface area contributed by atoms with Gasteiger partial charge in [0.05, 0.1) is 12.8 Å². The average Bonchev–Trinajstić information content (AvgIpc) is 2.06. The van der Waals surface area contributed by atoms with E-state index < -0.39 is 0 Å². The van der Waals surface area contributed by atoms with Crippen LogP contribution < -0.4 is 4.74 Å². The van der Waals surface area contributed by atoms with Crippen LogP contribution in [-0.2, 0) is 11.2 Å². The predicted molar refractivity (Wildman–Crippen MR) is 40.6 cm³/mol. The lowest BCUT2D eigenvalue weighted by atomic mass is 10.3. The molecule has 1 rings (SSSR count). The van der Waals surface area contributed by atoms with Gasteiger partial charge in [-0.3, -0.25) is 4.98 Å². The number of aldehydes is 1. The van der Waals surface area contributed by atoms with Crippen LogP contribution >= 0.6 is 0 Å². The first kappa shape index (κ1) is 7.72. The molecule has 0 aromatic carbocycles. The highest BCUT2D eigenvalue weighted by Crippen LogP contribution is 2.13. The number of hydrogen-bond acceptors (Lipinski definition) is 3. The molecule has 0 radical (unpaired) electrons. The van der Waals surface area contributed by atoms with Gasteiger partial charge in [0, 0.05) is 12.6 Å². The minimum Gasteiger partial charge on any atom is -0.495 e. The Morgan fingerprint density at radius 3 is 3.18 bits per heavy atom. The minimum atomic E-state index is 0.310. The first-order chi connectivity index (χ1) is 5.38. The van der Waals surface area contributed by atoms with Crippen molar-refractivity contribution in [1.82, 2.24) is 4.98 Å². The summed E-state index contributed by atoms with van der Waals surface area (Å²) in [5.74, 6) is 0.666. The summed E-state index contributed by atoms with van der Waals surface area (Å²) in [6, 6.07) is 3.55. The zero-order valence-corrected chi connectivity index (χ0v) is 6.28. The molecule has 0 unspecified atom stereocenters. The molecule has 3 heteroatoms. The van der Waals surface area contributed by atoms with Gasteiger partial charge in [0.15, 0.2) is 0 Å². The first-order valence-corrected chi connectivity index (χ1v) is 3.30. The van der Waals surface area contributed by atoms with Crippen molar-refractivity contribution in [2.24, 2.45) is 0 Å². The average molecular weight is 151 g/mol. The molecule has 11 heavy (non-hydrogen) atoms. The lowest BCUT2D eigenvalue weighted by Crippen LogP contribution is -1.95. The molecule has 0 amide bonds. The number of rotatable bonds is 3. The van der Waals surface area contributed by atoms with Crippen molar-refractivity contribution < 1.29 is 9.53 Å². The number of nitrogens with zero attached hydrogens (tertiary/aromatic N) is 1. The topological polar surface area (TPSA) is 39.2 Å². The van der Waals surface area contributed by atoms with E-state index in [1.54, 1.807) is 25.4 Å². The molecule has 1 heterocycles. The Kier molecular flexibility index (Phi) is 2.60. The van der Waals surface area contributed by atoms with E-state index in [-0.39, 0.29) is 0 Å². The second-order valence-electron chi connectivity index (χ2n) is 2.02. The van der Waals surface area contributed by atoms with Crippen molar-refractivity contribution in [1.29, 1.82) is 0 Å². The van der Waals surface area contributed by atoms with Gasteiger partial charge in [-0.25, -0.2) is 0 Å². The maximum atomic E-state index is 10.1. The summed E-state index contributed by atoms with van der Waals surface area (Å²) >= 11 is 0. The SMILES string of the molecule is COc1cccnc1CC=O. The molecule has 58 valence electrons. The molecular formula is C8H9NO2. The van der Waals surface area contributed by atoms with Gasteiger partial charge in [0.25, 0.3) is 0 Å². The fourth-order valence-corrected chi connectivity index (χ4v) is 0.841. The Morgan fingerprint density at radius 1 is 1.73 bits per heavy atom. The molecule has 0 saturated heterocycles. The third kappa shape index (κ3) is 1.77. The quantitative estimate of drug-likeness (QED) is 0.601. The smallest absolute Gasteiger partial charge is 0.140 e. The van der Waals surface area contributed by atoms with E-state index in [0.717, 1.165) is 6.29 Å². The highest BCUT2D eigenvalue weighted by Gasteiger charge is 2.00. The Balaban J connectivity index is 2.92. The fourth-order valence-electron chi connectivity index (χ4n) is 0.841. The van der Waals surface area contributed by atoms with E-state index >= 15 is 0 Å². The molecule has 0 aliphatic heterocycles. The monoisotopic (exact) mass is 151 g/mol. The summed E-state index contributed by atoms with van der Waals surface area (Å²) in [4.78, 5) is 14.1. The first-order valence-electron chi connectivity index (χ1n) is 3.30. The molecule has 0 N–H and O–H groups in total. The Labute approximate surface area is 65.0 Å². The van der Waals surface area contributed by atoms with Gasteiger partial charge in [0.2, 0.25) is 0 Å². The van der Waals surface area contributed by atoms with E-state index in [1.807, 2.05) is 0 Å². The summed E-state index contributed by atoms with van der Waals surface area (Å²) in [6.45, 7) is 0. The number of carbonyl (C=O) groups excluding carboxylic acids is 1. The highest BCUT2D eigenvalue weighted by atomic mass is 16.5. The van der Waals surface area contributed by atoms with Gasteiger partial charge in [-0.15, -0.1) is 0 Å². The van der Waals surface area contributed by atoms with Gasteiger partial charge in [0.1, 0.15) is 12.0 Å². The molecule has 0 aliphatic carbocycles. The van der Waals surface area contributed by atoms with Crippen LogP contribution in [0.3, 0.4) is 0 Å². The van der Waals surface area contributed by atoms with Crippen molar-refractivity contribution in [3.8, 4) is 5.75 Å². The third-order valence-electron chi connectivity index (χ3n) is 1.35. The number of carbonyl (C=O) groups is 1. The van der Waals surface area contributed by atoms with Crippen LogP contribution in [0.25, 0.3) is 0 Å². The second-order valence-corrected chi connectivity index (χ2v) is 2.02. The van der Waals surface area contributed by atoms with Crippen LogP contribution in [0.2, 0.25) is 0 Å². The minimum absolute atomic E-state index is 0.310. The van der Waals surface area contributed by atoms with Gasteiger partial charge in [-0.1, -0.05) is 0 Å². The molecular weight excluding hydrogens is 142 g/mol. The molecule has 1 aromatic heterocycles. The third-order valence-corrected chi connectivity index (χ3v) is 1.35. The molecule has 0 atom stereocenters. The van der Waals surface area contributed by atoms with E-state index in [4.69, 9.17) is 4.74 Å². The molecule has 0 spiro atoms. The molecule has 0 fully saturated rings. The van der Waals surface area contributed by atoms with Gasteiger partial charge in [-0.05, 0) is 12.1 Å². The van der Waals surface area contributed by atoms with Gasteiger partial charge >= 0.3 is 0 Å². The number of hydrogen-bond donors (Lipinski definition) is 0. The van der Waals surface area contributed by atoms with E-state index in [2.05, 4.69) is 4.98 Å². The van der Waals surface area contributed by atoms with Crippen LogP contribution in [0.4, 0.5) is 0 Å². The van der Waals surface area contributed by atoms with Gasteiger partial charge < -0.3 is 9.53 Å². The summed E-state index contributed by atoms with van der Waals surface area (Å²) < 4.78 is 4.98. The Bertz CT molecular complexity index is 248. The van der Waals surface area contributed by atoms with E-state index in [1.165, 1.54) is 0 Å². The molecule has 0 saturated carbocycles. The second kappa shape index (κ2) is 3.71. The zero-order valence-electron chi connectivity index (χ0n) is 6.28. The zero-order chi connectivity index (χ0) is 8.10. The lowest BCUT2D eigenvalue weighted by Gasteiger charge is -2.02. The standard InChI is InChI=1S/C8H9NO2/c1-11-8-3-2-5-9-7(8)4-6-10/h2-3,5-6H,4H2,1H3. The van der Waals surface area contributed by atoms with E-state index in [0.29, 0.717) is 17.9 Å². The van der Waals surface area contributed by atoms with Crippen molar-refractivity contribution in [3.05, 3.63) is 24.0 Å². The van der Waals surface area contributed by atoms with Crippen molar-refractivity contribution >= 4 is 6.29 Å². The number of ether oxygens (including phenoxy) is 1. The number of pyridine rings is 1. The summed E-state index contributed by atoms with van der Waals surface area (Å²) in [5.41, 5.74) is 0.685. The number of methoxy groups -OCH3 is 1. The maximum absolute atomic E-state index is 10.1. The van der Waals surface area contributed by atoms with Crippen molar-refractivity contribution in [2.75, 3.05) is 7.11 Å². The van der Waals surface area contributed by atoms with Crippen LogP contribution in [0.15, 0.2) is 18.3 Å². The van der Waals surface area contributed by atoms with Crippen molar-refractivity contribution in [3.63, 3.8) is 0 Å². The van der Waals surface area contributed by atoms with E-state index in [9.17, 15) is 4.79 Å². The summed E-state index contributed by atoms with van der Waals surface area (Å²) in [7, 11) is 1.56. The molecule has 1 aromatic rings. The molecule has 3 nitrogen and oxygen atoms in total. The predicted octanol–water partition coefficient (Wildman–Crippen LogP) is 0.832. The van der Waals surface area contributed by atoms with Gasteiger partial charge in [-0.2, -0.15) is 0 Å². The lowest BCUT2D eigenvalue weighted by molar-refractivity contribution is -0.107.